The number of nitrogens with zero attached hydrogens (tertiary/aromatic N) is 3. The van der Waals surface area contributed by atoms with Gasteiger partial charge in [0.1, 0.15) is 0 Å². The minimum Gasteiger partial charge on any atom is -0.481 e. The Hall–Kier alpha value is -1.46. The van der Waals surface area contributed by atoms with E-state index in [9.17, 15) is 4.79 Å². The van der Waals surface area contributed by atoms with Crippen molar-refractivity contribution in [2.75, 3.05) is 32.7 Å². The molecule has 2 heterocycles. The molecule has 0 amide bonds. The molecule has 5 heteroatoms. The van der Waals surface area contributed by atoms with Gasteiger partial charge in [-0.3, -0.25) is 14.7 Å². The summed E-state index contributed by atoms with van der Waals surface area (Å²) in [6.07, 6.45) is 7.70. The summed E-state index contributed by atoms with van der Waals surface area (Å²) in [5.41, 5.74) is 1.19. The molecule has 0 bridgehead atoms. The zero-order valence-electron chi connectivity index (χ0n) is 12.6. The zero-order chi connectivity index (χ0) is 14.9. The summed E-state index contributed by atoms with van der Waals surface area (Å²) in [6, 6.07) is 3.99. The maximum Gasteiger partial charge on any atom is 0.304 e. The largest absolute Gasteiger partial charge is 0.481 e. The smallest absolute Gasteiger partial charge is 0.304 e. The van der Waals surface area contributed by atoms with Gasteiger partial charge in [-0.2, -0.15) is 0 Å². The molecule has 0 saturated carbocycles. The van der Waals surface area contributed by atoms with E-state index < -0.39 is 5.97 Å². The molecule has 1 saturated heterocycles. The fourth-order valence-electron chi connectivity index (χ4n) is 2.74. The Morgan fingerprint density at radius 2 is 1.90 bits per heavy atom. The molecule has 116 valence electrons. The highest BCUT2D eigenvalue weighted by molar-refractivity contribution is 5.66. The second-order valence-electron chi connectivity index (χ2n) is 5.68. The van der Waals surface area contributed by atoms with Gasteiger partial charge in [-0.25, -0.2) is 0 Å². The number of likely N-dealkylation sites (tertiary alicyclic amines) is 1. The van der Waals surface area contributed by atoms with Crippen molar-refractivity contribution >= 4 is 5.97 Å². The summed E-state index contributed by atoms with van der Waals surface area (Å²) in [5.74, 6) is -0.729. The maximum absolute atomic E-state index is 10.8. The van der Waals surface area contributed by atoms with Crippen LogP contribution in [0.5, 0.6) is 0 Å². The molecular weight excluding hydrogens is 266 g/mol. The normalized spacial score (nSPS) is 16.2. The fourth-order valence-corrected chi connectivity index (χ4v) is 2.74. The molecular formula is C16H25N3O2. The van der Waals surface area contributed by atoms with Crippen LogP contribution in [0.4, 0.5) is 0 Å². The lowest BCUT2D eigenvalue weighted by atomic mass is 10.1. The van der Waals surface area contributed by atoms with Crippen LogP contribution in [0.1, 0.15) is 31.2 Å². The number of pyridine rings is 1. The molecule has 1 aromatic heterocycles. The molecule has 1 aliphatic heterocycles. The van der Waals surface area contributed by atoms with Crippen LogP contribution in [-0.4, -0.2) is 58.6 Å². The molecule has 0 spiro atoms. The minimum atomic E-state index is -0.729. The third-order valence-corrected chi connectivity index (χ3v) is 3.98. The second kappa shape index (κ2) is 8.74. The highest BCUT2D eigenvalue weighted by Gasteiger charge is 2.13. The number of carboxylic acids is 1. The van der Waals surface area contributed by atoms with Gasteiger partial charge < -0.3 is 10.0 Å². The van der Waals surface area contributed by atoms with Gasteiger partial charge in [0.05, 0.1) is 6.42 Å². The van der Waals surface area contributed by atoms with Crippen LogP contribution in [0.2, 0.25) is 0 Å². The molecule has 2 rings (SSSR count). The number of hydrogen-bond acceptors (Lipinski definition) is 4. The minimum absolute atomic E-state index is 0.199. The maximum atomic E-state index is 10.8. The number of rotatable bonds is 8. The summed E-state index contributed by atoms with van der Waals surface area (Å²) in [5, 5.41) is 8.90. The summed E-state index contributed by atoms with van der Waals surface area (Å²) in [4.78, 5) is 19.6. The van der Waals surface area contributed by atoms with E-state index in [4.69, 9.17) is 5.11 Å². The van der Waals surface area contributed by atoms with E-state index in [2.05, 4.69) is 14.8 Å². The fraction of sp³-hybridized carbons (Fsp3) is 0.625. The average molecular weight is 291 g/mol. The van der Waals surface area contributed by atoms with Gasteiger partial charge in [0.15, 0.2) is 0 Å². The van der Waals surface area contributed by atoms with Gasteiger partial charge in [0.2, 0.25) is 0 Å². The summed E-state index contributed by atoms with van der Waals surface area (Å²) >= 11 is 0. The third kappa shape index (κ3) is 6.23. The molecule has 0 atom stereocenters. The Kier molecular flexibility index (Phi) is 6.63. The van der Waals surface area contributed by atoms with E-state index in [1.54, 1.807) is 12.4 Å². The number of piperidine rings is 1. The van der Waals surface area contributed by atoms with Crippen molar-refractivity contribution in [2.24, 2.45) is 0 Å². The van der Waals surface area contributed by atoms with E-state index in [-0.39, 0.29) is 6.42 Å². The summed E-state index contributed by atoms with van der Waals surface area (Å²) in [6.45, 7) is 5.72. The van der Waals surface area contributed by atoms with Crippen LogP contribution in [0.3, 0.4) is 0 Å². The van der Waals surface area contributed by atoms with Gasteiger partial charge in [0, 0.05) is 38.6 Å². The lowest BCUT2D eigenvalue weighted by molar-refractivity contribution is -0.137. The molecule has 0 unspecified atom stereocenters. The van der Waals surface area contributed by atoms with Crippen molar-refractivity contribution < 1.29 is 9.90 Å². The Morgan fingerprint density at radius 3 is 2.57 bits per heavy atom. The van der Waals surface area contributed by atoms with Crippen molar-refractivity contribution in [1.29, 1.82) is 0 Å². The monoisotopic (exact) mass is 291 g/mol. The first kappa shape index (κ1) is 15.9. The predicted octanol–water partition coefficient (Wildman–Crippen LogP) is 1.84. The third-order valence-electron chi connectivity index (χ3n) is 3.98. The Bertz CT molecular complexity index is 419. The predicted molar refractivity (Wildman–Crippen MR) is 82.1 cm³/mol. The van der Waals surface area contributed by atoms with Gasteiger partial charge in [-0.1, -0.05) is 6.42 Å². The van der Waals surface area contributed by atoms with E-state index >= 15 is 0 Å². The van der Waals surface area contributed by atoms with Gasteiger partial charge >= 0.3 is 5.97 Å². The molecule has 1 fully saturated rings. The molecule has 1 N–H and O–H groups in total. The summed E-state index contributed by atoms with van der Waals surface area (Å²) < 4.78 is 0. The standard InChI is InChI=1S/C16H25N3O2/c20-16(21)6-11-19(14-15-4-7-17-8-5-15)13-12-18-9-2-1-3-10-18/h4-5,7-8H,1-3,6,9-14H2,(H,20,21). The van der Waals surface area contributed by atoms with Crippen LogP contribution in [0.25, 0.3) is 0 Å². The van der Waals surface area contributed by atoms with Crippen LogP contribution in [0, 0.1) is 0 Å². The van der Waals surface area contributed by atoms with Crippen LogP contribution < -0.4 is 0 Å². The topological polar surface area (TPSA) is 56.7 Å². The van der Waals surface area contributed by atoms with Gasteiger partial charge in [0.25, 0.3) is 0 Å². The van der Waals surface area contributed by atoms with Crippen LogP contribution in [-0.2, 0) is 11.3 Å². The Balaban J connectivity index is 1.83. The van der Waals surface area contributed by atoms with Crippen molar-refractivity contribution in [3.05, 3.63) is 30.1 Å². The lowest BCUT2D eigenvalue weighted by Gasteiger charge is -2.30. The van der Waals surface area contributed by atoms with Crippen LogP contribution >= 0.6 is 0 Å². The van der Waals surface area contributed by atoms with Crippen molar-refractivity contribution in [1.82, 2.24) is 14.8 Å². The Morgan fingerprint density at radius 1 is 1.19 bits per heavy atom. The molecule has 0 aromatic carbocycles. The SMILES string of the molecule is O=C(O)CCN(CCN1CCCCC1)Cc1ccncc1. The van der Waals surface area contributed by atoms with Crippen molar-refractivity contribution in [3.8, 4) is 0 Å². The summed E-state index contributed by atoms with van der Waals surface area (Å²) in [7, 11) is 0. The quantitative estimate of drug-likeness (QED) is 0.792. The van der Waals surface area contributed by atoms with Crippen LogP contribution in [0.15, 0.2) is 24.5 Å². The first-order chi connectivity index (χ1) is 10.2. The first-order valence-electron chi connectivity index (χ1n) is 7.79. The van der Waals surface area contributed by atoms with Gasteiger partial charge in [-0.05, 0) is 43.6 Å². The molecule has 0 aliphatic carbocycles. The van der Waals surface area contributed by atoms with E-state index in [1.807, 2.05) is 12.1 Å². The van der Waals surface area contributed by atoms with E-state index in [1.165, 1.54) is 37.9 Å². The van der Waals surface area contributed by atoms with Gasteiger partial charge in [-0.15, -0.1) is 0 Å². The van der Waals surface area contributed by atoms with E-state index in [0.717, 1.165) is 19.6 Å². The van der Waals surface area contributed by atoms with Crippen molar-refractivity contribution in [2.45, 2.75) is 32.2 Å². The first-order valence-corrected chi connectivity index (χ1v) is 7.79. The zero-order valence-corrected chi connectivity index (χ0v) is 12.6. The van der Waals surface area contributed by atoms with Crippen molar-refractivity contribution in [3.63, 3.8) is 0 Å². The molecule has 5 nitrogen and oxygen atoms in total. The number of aromatic nitrogens is 1. The molecule has 1 aromatic rings. The van der Waals surface area contributed by atoms with E-state index in [0.29, 0.717) is 6.54 Å². The molecule has 1 aliphatic rings. The molecule has 0 radical (unpaired) electrons. The lowest BCUT2D eigenvalue weighted by Crippen LogP contribution is -2.38. The highest BCUT2D eigenvalue weighted by atomic mass is 16.4. The number of carbonyl (C=O) groups is 1. The number of carboxylic acid groups (broad SMARTS) is 1. The molecule has 21 heavy (non-hydrogen) atoms. The number of hydrogen-bond donors (Lipinski definition) is 1. The number of aliphatic carboxylic acids is 1. The average Bonchev–Trinajstić information content (AvgIpc) is 2.52. The second-order valence-corrected chi connectivity index (χ2v) is 5.68. The Labute approximate surface area is 126 Å². The highest BCUT2D eigenvalue weighted by Crippen LogP contribution is 2.09.